The fraction of sp³-hybridized carbons (Fsp3) is 0.462. The summed E-state index contributed by atoms with van der Waals surface area (Å²) in [6.45, 7) is 1.73. The summed E-state index contributed by atoms with van der Waals surface area (Å²) >= 11 is 0. The summed E-state index contributed by atoms with van der Waals surface area (Å²) in [6.07, 6.45) is -0.494. The first-order valence-electron chi connectivity index (χ1n) is 5.88. The van der Waals surface area contributed by atoms with Crippen LogP contribution in [0, 0.1) is 0 Å². The van der Waals surface area contributed by atoms with E-state index in [2.05, 4.69) is 0 Å². The van der Waals surface area contributed by atoms with Gasteiger partial charge in [-0.25, -0.2) is 0 Å². The fourth-order valence-electron chi connectivity index (χ4n) is 1.57. The molecule has 100 valence electrons. The first-order valence-corrected chi connectivity index (χ1v) is 5.88. The molecular formula is C13H19NO4. The molecule has 18 heavy (non-hydrogen) atoms. The molecule has 0 aromatic heterocycles. The number of carbonyl (C=O) groups is 1. The Bertz CT molecular complexity index is 377. The van der Waals surface area contributed by atoms with Crippen LogP contribution in [0.5, 0.6) is 0 Å². The lowest BCUT2D eigenvalue weighted by atomic mass is 10.0. The van der Waals surface area contributed by atoms with E-state index in [1.807, 2.05) is 0 Å². The Kier molecular flexibility index (Phi) is 5.77. The fourth-order valence-corrected chi connectivity index (χ4v) is 1.57. The molecule has 5 heteroatoms. The number of nitrogens with two attached hydrogens (primary N) is 1. The van der Waals surface area contributed by atoms with E-state index in [1.54, 1.807) is 31.2 Å². The number of aliphatic hydroxyl groups excluding tert-OH is 2. The summed E-state index contributed by atoms with van der Waals surface area (Å²) < 4.78 is 4.82. The molecule has 0 aliphatic rings. The molecule has 0 saturated heterocycles. The van der Waals surface area contributed by atoms with Gasteiger partial charge in [0.25, 0.3) is 0 Å². The zero-order valence-corrected chi connectivity index (χ0v) is 10.4. The standard InChI is InChI=1S/C13H19NO4/c1-2-18-13(17)11(14)7-9-3-5-10(6-4-9)12(16)8-15/h3-6,11-12,15-16H,2,7-8,14H2,1H3/t11-,12?/m0/s1. The molecule has 2 atom stereocenters. The lowest BCUT2D eigenvalue weighted by Crippen LogP contribution is -2.34. The van der Waals surface area contributed by atoms with Crippen molar-refractivity contribution < 1.29 is 19.7 Å². The summed E-state index contributed by atoms with van der Waals surface area (Å²) in [5.41, 5.74) is 7.21. The second-order valence-electron chi connectivity index (χ2n) is 4.00. The Morgan fingerprint density at radius 2 is 2.00 bits per heavy atom. The number of hydrogen-bond donors (Lipinski definition) is 3. The number of carbonyl (C=O) groups excluding carboxylic acids is 1. The van der Waals surface area contributed by atoms with Crippen molar-refractivity contribution in [2.75, 3.05) is 13.2 Å². The van der Waals surface area contributed by atoms with Crippen LogP contribution in [0.15, 0.2) is 24.3 Å². The predicted molar refractivity (Wildman–Crippen MR) is 66.8 cm³/mol. The average Bonchev–Trinajstić information content (AvgIpc) is 2.39. The third-order valence-electron chi connectivity index (χ3n) is 2.58. The van der Waals surface area contributed by atoms with E-state index in [4.69, 9.17) is 15.6 Å². The molecule has 0 saturated carbocycles. The van der Waals surface area contributed by atoms with Crippen molar-refractivity contribution in [3.8, 4) is 0 Å². The second-order valence-corrected chi connectivity index (χ2v) is 4.00. The summed E-state index contributed by atoms with van der Waals surface area (Å²) in [4.78, 5) is 11.3. The first-order chi connectivity index (χ1) is 8.58. The Morgan fingerprint density at radius 3 is 2.50 bits per heavy atom. The smallest absolute Gasteiger partial charge is 0.323 e. The van der Waals surface area contributed by atoms with E-state index in [1.165, 1.54) is 0 Å². The number of aliphatic hydroxyl groups is 2. The van der Waals surface area contributed by atoms with Crippen molar-refractivity contribution in [2.45, 2.75) is 25.5 Å². The molecule has 1 aromatic carbocycles. The first kappa shape index (κ1) is 14.6. The van der Waals surface area contributed by atoms with Gasteiger partial charge in [0, 0.05) is 0 Å². The van der Waals surface area contributed by atoms with E-state index in [0.29, 0.717) is 18.6 Å². The molecule has 5 nitrogen and oxygen atoms in total. The van der Waals surface area contributed by atoms with Crippen molar-refractivity contribution in [1.82, 2.24) is 0 Å². The van der Waals surface area contributed by atoms with Crippen LogP contribution < -0.4 is 5.73 Å². The summed E-state index contributed by atoms with van der Waals surface area (Å²) in [5, 5.41) is 18.2. The molecule has 0 aliphatic carbocycles. The highest BCUT2D eigenvalue weighted by Crippen LogP contribution is 2.14. The maximum atomic E-state index is 11.3. The summed E-state index contributed by atoms with van der Waals surface area (Å²) in [6, 6.07) is 6.27. The van der Waals surface area contributed by atoms with Crippen LogP contribution in [0.4, 0.5) is 0 Å². The minimum absolute atomic E-state index is 0.314. The van der Waals surface area contributed by atoms with Crippen LogP contribution in [-0.2, 0) is 16.0 Å². The third-order valence-corrected chi connectivity index (χ3v) is 2.58. The molecule has 0 amide bonds. The molecule has 4 N–H and O–H groups in total. The second kappa shape index (κ2) is 7.10. The number of rotatable bonds is 6. The van der Waals surface area contributed by atoms with Crippen LogP contribution in [0.1, 0.15) is 24.2 Å². The van der Waals surface area contributed by atoms with Crippen LogP contribution in [-0.4, -0.2) is 35.4 Å². The predicted octanol–water partition coefficient (Wildman–Crippen LogP) is 0.145. The molecule has 1 aromatic rings. The van der Waals surface area contributed by atoms with Gasteiger partial charge < -0.3 is 20.7 Å². The average molecular weight is 253 g/mol. The quantitative estimate of drug-likeness (QED) is 0.627. The van der Waals surface area contributed by atoms with Crippen LogP contribution >= 0.6 is 0 Å². The Labute approximate surface area is 106 Å². The van der Waals surface area contributed by atoms with Crippen LogP contribution in [0.2, 0.25) is 0 Å². The molecule has 0 heterocycles. The van der Waals surface area contributed by atoms with E-state index in [-0.39, 0.29) is 6.61 Å². The molecule has 0 radical (unpaired) electrons. The van der Waals surface area contributed by atoms with Crippen molar-refractivity contribution >= 4 is 5.97 Å². The molecule has 1 unspecified atom stereocenters. The van der Waals surface area contributed by atoms with E-state index in [9.17, 15) is 9.90 Å². The number of esters is 1. The molecule has 0 aliphatic heterocycles. The maximum absolute atomic E-state index is 11.3. The summed E-state index contributed by atoms with van der Waals surface area (Å²) in [7, 11) is 0. The van der Waals surface area contributed by atoms with Gasteiger partial charge in [-0.3, -0.25) is 4.79 Å². The minimum Gasteiger partial charge on any atom is -0.465 e. The highest BCUT2D eigenvalue weighted by Gasteiger charge is 2.15. The monoisotopic (exact) mass is 253 g/mol. The zero-order chi connectivity index (χ0) is 13.5. The van der Waals surface area contributed by atoms with Gasteiger partial charge in [-0.1, -0.05) is 24.3 Å². The molecule has 0 fully saturated rings. The van der Waals surface area contributed by atoms with Crippen molar-refractivity contribution in [3.05, 3.63) is 35.4 Å². The highest BCUT2D eigenvalue weighted by atomic mass is 16.5. The number of ether oxygens (including phenoxy) is 1. The van der Waals surface area contributed by atoms with E-state index in [0.717, 1.165) is 5.56 Å². The maximum Gasteiger partial charge on any atom is 0.323 e. The molecular weight excluding hydrogens is 234 g/mol. The van der Waals surface area contributed by atoms with E-state index >= 15 is 0 Å². The summed E-state index contributed by atoms with van der Waals surface area (Å²) in [5.74, 6) is -0.419. The molecule has 0 bridgehead atoms. The van der Waals surface area contributed by atoms with E-state index < -0.39 is 18.1 Å². The van der Waals surface area contributed by atoms with Gasteiger partial charge in [0.15, 0.2) is 0 Å². The Morgan fingerprint density at radius 1 is 1.39 bits per heavy atom. The minimum atomic E-state index is -0.877. The van der Waals surface area contributed by atoms with Crippen LogP contribution in [0.25, 0.3) is 0 Å². The molecule has 0 spiro atoms. The lowest BCUT2D eigenvalue weighted by Gasteiger charge is -2.12. The van der Waals surface area contributed by atoms with Gasteiger partial charge in [-0.05, 0) is 24.5 Å². The molecule has 1 rings (SSSR count). The van der Waals surface area contributed by atoms with Gasteiger partial charge in [-0.2, -0.15) is 0 Å². The number of benzene rings is 1. The third kappa shape index (κ3) is 4.10. The zero-order valence-electron chi connectivity index (χ0n) is 10.4. The topological polar surface area (TPSA) is 92.8 Å². The Balaban J connectivity index is 2.60. The van der Waals surface area contributed by atoms with Crippen molar-refractivity contribution in [1.29, 1.82) is 0 Å². The largest absolute Gasteiger partial charge is 0.465 e. The Hall–Kier alpha value is -1.43. The van der Waals surface area contributed by atoms with Crippen LogP contribution in [0.3, 0.4) is 0 Å². The van der Waals surface area contributed by atoms with Crippen molar-refractivity contribution in [3.63, 3.8) is 0 Å². The highest BCUT2D eigenvalue weighted by molar-refractivity contribution is 5.75. The van der Waals surface area contributed by atoms with Gasteiger partial charge in [-0.15, -0.1) is 0 Å². The van der Waals surface area contributed by atoms with Gasteiger partial charge in [0.1, 0.15) is 12.1 Å². The SMILES string of the molecule is CCOC(=O)[C@@H](N)Cc1ccc(C(O)CO)cc1. The van der Waals surface area contributed by atoms with Gasteiger partial charge >= 0.3 is 5.97 Å². The number of hydrogen-bond acceptors (Lipinski definition) is 5. The van der Waals surface area contributed by atoms with Gasteiger partial charge in [0.2, 0.25) is 0 Å². The lowest BCUT2D eigenvalue weighted by molar-refractivity contribution is -0.144. The van der Waals surface area contributed by atoms with Crippen molar-refractivity contribution in [2.24, 2.45) is 5.73 Å². The van der Waals surface area contributed by atoms with Gasteiger partial charge in [0.05, 0.1) is 13.2 Å². The normalized spacial score (nSPS) is 14.0.